The Hall–Kier alpha value is -0.960. The highest BCUT2D eigenvalue weighted by atomic mass is 32.2. The maximum Gasteiger partial charge on any atom is 0.260 e. The molecule has 1 aromatic rings. The number of aromatic amines is 1. The molecule has 0 saturated carbocycles. The number of aryl methyl sites for hydroxylation is 1. The number of nitrogens with zero attached hydrogens (tertiary/aromatic N) is 1. The highest BCUT2D eigenvalue weighted by Gasteiger charge is 2.30. The van der Waals surface area contributed by atoms with E-state index in [1.807, 2.05) is 6.92 Å². The van der Waals surface area contributed by atoms with Gasteiger partial charge in [0.25, 0.3) is 10.0 Å². The van der Waals surface area contributed by atoms with Gasteiger partial charge in [0, 0.05) is 24.9 Å². The van der Waals surface area contributed by atoms with Gasteiger partial charge in [0.1, 0.15) is 0 Å². The zero-order chi connectivity index (χ0) is 16.1. The van der Waals surface area contributed by atoms with Crippen LogP contribution in [0.25, 0.3) is 0 Å². The molecule has 0 aliphatic rings. The standard InChI is InChI=1S/C13H26N4O3S/c1-6-7-14-8-11-10(2)15-16-12(11)21(18,19)17-13(3,4)9-20-5/h14,17H,6-9H2,1-5H3,(H,15,16). The fourth-order valence-corrected chi connectivity index (χ4v) is 3.65. The zero-order valence-electron chi connectivity index (χ0n) is 13.4. The van der Waals surface area contributed by atoms with Crippen LogP contribution < -0.4 is 10.0 Å². The SMILES string of the molecule is CCCNCc1c(S(=O)(=O)NC(C)(C)COC)n[nH]c1C. The van der Waals surface area contributed by atoms with E-state index in [-0.39, 0.29) is 11.6 Å². The molecule has 0 spiro atoms. The summed E-state index contributed by atoms with van der Waals surface area (Å²) in [7, 11) is -2.16. The van der Waals surface area contributed by atoms with Crippen LogP contribution >= 0.6 is 0 Å². The van der Waals surface area contributed by atoms with E-state index in [1.54, 1.807) is 13.8 Å². The third-order valence-electron chi connectivity index (χ3n) is 2.93. The van der Waals surface area contributed by atoms with Crippen LogP contribution in [0.3, 0.4) is 0 Å². The van der Waals surface area contributed by atoms with Gasteiger partial charge in [0.05, 0.1) is 12.1 Å². The Balaban J connectivity index is 2.98. The largest absolute Gasteiger partial charge is 0.383 e. The lowest BCUT2D eigenvalue weighted by molar-refractivity contribution is 0.141. The van der Waals surface area contributed by atoms with E-state index in [0.717, 1.165) is 18.7 Å². The topological polar surface area (TPSA) is 96.1 Å². The van der Waals surface area contributed by atoms with E-state index in [0.29, 0.717) is 12.1 Å². The molecule has 122 valence electrons. The van der Waals surface area contributed by atoms with Gasteiger partial charge in [-0.15, -0.1) is 0 Å². The van der Waals surface area contributed by atoms with Crippen LogP contribution in [-0.2, 0) is 21.3 Å². The first-order valence-electron chi connectivity index (χ1n) is 7.01. The third-order valence-corrected chi connectivity index (χ3v) is 4.60. The van der Waals surface area contributed by atoms with E-state index < -0.39 is 15.6 Å². The summed E-state index contributed by atoms with van der Waals surface area (Å²) < 4.78 is 32.7. The molecule has 0 saturated heterocycles. The molecule has 0 amide bonds. The molecule has 1 rings (SSSR count). The Morgan fingerprint density at radius 2 is 2.05 bits per heavy atom. The molecule has 8 heteroatoms. The first kappa shape index (κ1) is 18.1. The van der Waals surface area contributed by atoms with Crippen LogP contribution in [0.5, 0.6) is 0 Å². The Morgan fingerprint density at radius 1 is 1.38 bits per heavy atom. The zero-order valence-corrected chi connectivity index (χ0v) is 14.2. The lowest BCUT2D eigenvalue weighted by atomic mass is 10.1. The van der Waals surface area contributed by atoms with Gasteiger partial charge in [0.15, 0.2) is 5.03 Å². The molecule has 0 aliphatic heterocycles. The molecule has 0 bridgehead atoms. The monoisotopic (exact) mass is 318 g/mol. The lowest BCUT2D eigenvalue weighted by Crippen LogP contribution is -2.47. The number of hydrogen-bond donors (Lipinski definition) is 3. The van der Waals surface area contributed by atoms with Crippen molar-refractivity contribution in [2.45, 2.75) is 51.2 Å². The van der Waals surface area contributed by atoms with Crippen molar-refractivity contribution in [2.75, 3.05) is 20.3 Å². The van der Waals surface area contributed by atoms with Crippen molar-refractivity contribution in [3.05, 3.63) is 11.3 Å². The van der Waals surface area contributed by atoms with Crippen LogP contribution in [0, 0.1) is 6.92 Å². The second-order valence-corrected chi connectivity index (χ2v) is 7.33. The molecule has 1 aromatic heterocycles. The molecule has 21 heavy (non-hydrogen) atoms. The van der Waals surface area contributed by atoms with Crippen LogP contribution in [0.2, 0.25) is 0 Å². The highest BCUT2D eigenvalue weighted by molar-refractivity contribution is 7.89. The van der Waals surface area contributed by atoms with E-state index >= 15 is 0 Å². The van der Waals surface area contributed by atoms with E-state index in [9.17, 15) is 8.42 Å². The van der Waals surface area contributed by atoms with Gasteiger partial charge in [-0.1, -0.05) is 6.92 Å². The van der Waals surface area contributed by atoms with Crippen LogP contribution in [0.15, 0.2) is 5.03 Å². The van der Waals surface area contributed by atoms with Crippen molar-refractivity contribution in [1.29, 1.82) is 0 Å². The van der Waals surface area contributed by atoms with Gasteiger partial charge in [-0.2, -0.15) is 5.10 Å². The summed E-state index contributed by atoms with van der Waals surface area (Å²) in [5.41, 5.74) is 0.724. The van der Waals surface area contributed by atoms with Gasteiger partial charge in [-0.3, -0.25) is 5.10 Å². The molecular weight excluding hydrogens is 292 g/mol. The van der Waals surface area contributed by atoms with Crippen LogP contribution in [-0.4, -0.2) is 44.4 Å². The molecular formula is C13H26N4O3S. The number of ether oxygens (including phenoxy) is 1. The number of rotatable bonds is 9. The smallest absolute Gasteiger partial charge is 0.260 e. The molecule has 3 N–H and O–H groups in total. The minimum Gasteiger partial charge on any atom is -0.383 e. The first-order chi connectivity index (χ1) is 9.73. The fourth-order valence-electron chi connectivity index (χ4n) is 2.05. The summed E-state index contributed by atoms with van der Waals surface area (Å²) in [4.78, 5) is 0. The molecule has 0 radical (unpaired) electrons. The second kappa shape index (κ2) is 7.35. The molecule has 0 aliphatic carbocycles. The Morgan fingerprint density at radius 3 is 2.62 bits per heavy atom. The summed E-state index contributed by atoms with van der Waals surface area (Å²) in [6, 6.07) is 0. The Labute approximate surface area is 126 Å². The van der Waals surface area contributed by atoms with Crippen LogP contribution in [0.4, 0.5) is 0 Å². The normalized spacial score (nSPS) is 12.8. The van der Waals surface area contributed by atoms with Gasteiger partial charge in [0.2, 0.25) is 0 Å². The Kier molecular flexibility index (Phi) is 6.33. The number of nitrogens with one attached hydrogen (secondary N) is 3. The minimum absolute atomic E-state index is 0.0489. The van der Waals surface area contributed by atoms with Crippen molar-refractivity contribution in [1.82, 2.24) is 20.2 Å². The third kappa shape index (κ3) is 5.06. The minimum atomic E-state index is -3.70. The molecule has 0 atom stereocenters. The lowest BCUT2D eigenvalue weighted by Gasteiger charge is -2.24. The van der Waals surface area contributed by atoms with Crippen LogP contribution in [0.1, 0.15) is 38.4 Å². The number of hydrogen-bond acceptors (Lipinski definition) is 5. The number of methoxy groups -OCH3 is 1. The van der Waals surface area contributed by atoms with Crippen molar-refractivity contribution in [3.8, 4) is 0 Å². The molecule has 0 unspecified atom stereocenters. The summed E-state index contributed by atoms with van der Waals surface area (Å²) >= 11 is 0. The summed E-state index contributed by atoms with van der Waals surface area (Å²) in [6.07, 6.45) is 0.984. The van der Waals surface area contributed by atoms with E-state index in [4.69, 9.17) is 4.74 Å². The molecule has 0 aromatic carbocycles. The van der Waals surface area contributed by atoms with Gasteiger partial charge in [-0.25, -0.2) is 13.1 Å². The Bertz CT molecular complexity index is 552. The fraction of sp³-hybridized carbons (Fsp3) is 0.769. The molecule has 1 heterocycles. The number of H-pyrrole nitrogens is 1. The first-order valence-corrected chi connectivity index (χ1v) is 8.49. The van der Waals surface area contributed by atoms with E-state index in [2.05, 4.69) is 27.2 Å². The summed E-state index contributed by atoms with van der Waals surface area (Å²) in [5.74, 6) is 0. The number of aromatic nitrogens is 2. The average Bonchev–Trinajstić information content (AvgIpc) is 2.70. The van der Waals surface area contributed by atoms with Gasteiger partial charge in [-0.05, 0) is 33.7 Å². The number of sulfonamides is 1. The predicted octanol–water partition coefficient (Wildman–Crippen LogP) is 0.921. The second-order valence-electron chi connectivity index (χ2n) is 5.73. The quantitative estimate of drug-likeness (QED) is 0.588. The van der Waals surface area contributed by atoms with Crippen molar-refractivity contribution < 1.29 is 13.2 Å². The average molecular weight is 318 g/mol. The summed E-state index contributed by atoms with van der Waals surface area (Å²) in [6.45, 7) is 8.98. The highest BCUT2D eigenvalue weighted by Crippen LogP contribution is 2.18. The van der Waals surface area contributed by atoms with Gasteiger partial charge >= 0.3 is 0 Å². The van der Waals surface area contributed by atoms with Crippen molar-refractivity contribution in [2.24, 2.45) is 0 Å². The maximum absolute atomic E-state index is 12.5. The molecule has 7 nitrogen and oxygen atoms in total. The maximum atomic E-state index is 12.5. The van der Waals surface area contributed by atoms with Gasteiger partial charge < -0.3 is 10.1 Å². The van der Waals surface area contributed by atoms with Crippen molar-refractivity contribution in [3.63, 3.8) is 0 Å². The molecule has 0 fully saturated rings. The summed E-state index contributed by atoms with van der Waals surface area (Å²) in [5, 5.41) is 9.95. The van der Waals surface area contributed by atoms with E-state index in [1.165, 1.54) is 7.11 Å². The predicted molar refractivity (Wildman–Crippen MR) is 81.6 cm³/mol. The van der Waals surface area contributed by atoms with Crippen molar-refractivity contribution >= 4 is 10.0 Å².